The molecule has 120 valence electrons. The summed E-state index contributed by atoms with van der Waals surface area (Å²) in [6, 6.07) is 7.54. The molecule has 1 saturated carbocycles. The molecular weight excluding hydrogens is 282 g/mol. The molecule has 1 aromatic carbocycles. The van der Waals surface area contributed by atoms with Crippen LogP contribution in [0.4, 0.5) is 5.69 Å². The molecule has 3 rings (SSSR count). The van der Waals surface area contributed by atoms with Crippen molar-refractivity contribution in [1.82, 2.24) is 0 Å². The molecule has 5 heteroatoms. The number of nitrogens with one attached hydrogen (secondary N) is 1. The van der Waals surface area contributed by atoms with E-state index in [1.54, 1.807) is 0 Å². The number of amides is 1. The molecule has 0 bridgehead atoms. The van der Waals surface area contributed by atoms with Crippen molar-refractivity contribution in [2.75, 3.05) is 25.1 Å². The number of carbonyl (C=O) groups is 1. The Morgan fingerprint density at radius 1 is 1.27 bits per heavy atom. The van der Waals surface area contributed by atoms with E-state index in [1.807, 2.05) is 31.2 Å². The van der Waals surface area contributed by atoms with Crippen LogP contribution in [0.2, 0.25) is 0 Å². The van der Waals surface area contributed by atoms with Crippen LogP contribution >= 0.6 is 0 Å². The molecule has 1 spiro atoms. The molecule has 1 amide bonds. The summed E-state index contributed by atoms with van der Waals surface area (Å²) in [6.07, 6.45) is 3.17. The molecule has 1 saturated heterocycles. The Labute approximate surface area is 130 Å². The van der Waals surface area contributed by atoms with Gasteiger partial charge in [-0.1, -0.05) is 12.1 Å². The van der Waals surface area contributed by atoms with Crippen molar-refractivity contribution in [3.05, 3.63) is 24.3 Å². The Hall–Kier alpha value is -1.59. The van der Waals surface area contributed by atoms with Crippen LogP contribution in [-0.2, 0) is 14.3 Å². The van der Waals surface area contributed by atoms with Crippen LogP contribution in [0.15, 0.2) is 24.3 Å². The minimum Gasteiger partial charge on any atom is -0.492 e. The number of anilines is 1. The molecule has 2 fully saturated rings. The molecule has 1 N–H and O–H groups in total. The Morgan fingerprint density at radius 3 is 2.64 bits per heavy atom. The SMILES string of the molecule is CCOc1ccccc1NC(=O)C1CCC2(CC1)OCCO2. The standard InChI is InChI=1S/C17H23NO4/c1-2-20-15-6-4-3-5-14(15)18-16(19)13-7-9-17(10-8-13)21-11-12-22-17/h3-6,13H,2,7-12H2,1H3,(H,18,19). The summed E-state index contributed by atoms with van der Waals surface area (Å²) < 4.78 is 17.0. The van der Waals surface area contributed by atoms with E-state index in [-0.39, 0.29) is 11.8 Å². The third kappa shape index (κ3) is 3.25. The van der Waals surface area contributed by atoms with Gasteiger partial charge in [0.15, 0.2) is 5.79 Å². The number of benzene rings is 1. The van der Waals surface area contributed by atoms with Crippen LogP contribution in [0.25, 0.3) is 0 Å². The highest BCUT2D eigenvalue weighted by Crippen LogP contribution is 2.38. The lowest BCUT2D eigenvalue weighted by Gasteiger charge is -2.34. The van der Waals surface area contributed by atoms with Crippen LogP contribution in [0.1, 0.15) is 32.6 Å². The van der Waals surface area contributed by atoms with Crippen molar-refractivity contribution in [3.63, 3.8) is 0 Å². The van der Waals surface area contributed by atoms with Crippen molar-refractivity contribution in [3.8, 4) is 5.75 Å². The maximum Gasteiger partial charge on any atom is 0.227 e. The van der Waals surface area contributed by atoms with Gasteiger partial charge in [0.2, 0.25) is 5.91 Å². The quantitative estimate of drug-likeness (QED) is 0.929. The molecule has 0 atom stereocenters. The van der Waals surface area contributed by atoms with Crippen molar-refractivity contribution in [2.45, 2.75) is 38.4 Å². The Morgan fingerprint density at radius 2 is 1.95 bits per heavy atom. The van der Waals surface area contributed by atoms with Crippen molar-refractivity contribution >= 4 is 11.6 Å². The normalized spacial score (nSPS) is 21.0. The molecule has 2 aliphatic rings. The zero-order valence-electron chi connectivity index (χ0n) is 13.0. The highest BCUT2D eigenvalue weighted by Gasteiger charge is 2.41. The van der Waals surface area contributed by atoms with Gasteiger partial charge in [0.1, 0.15) is 5.75 Å². The van der Waals surface area contributed by atoms with E-state index in [0.29, 0.717) is 25.6 Å². The van der Waals surface area contributed by atoms with Gasteiger partial charge < -0.3 is 19.5 Å². The minimum absolute atomic E-state index is 0.00751. The lowest BCUT2D eigenvalue weighted by molar-refractivity contribution is -0.182. The van der Waals surface area contributed by atoms with Crippen LogP contribution in [-0.4, -0.2) is 31.5 Å². The summed E-state index contributed by atoms with van der Waals surface area (Å²) in [5.41, 5.74) is 0.739. The summed E-state index contributed by atoms with van der Waals surface area (Å²) in [6.45, 7) is 3.84. The van der Waals surface area contributed by atoms with E-state index in [1.165, 1.54) is 0 Å². The summed E-state index contributed by atoms with van der Waals surface area (Å²) in [5.74, 6) is 0.362. The van der Waals surface area contributed by atoms with E-state index >= 15 is 0 Å². The Kier molecular flexibility index (Phi) is 4.64. The maximum atomic E-state index is 12.5. The first kappa shape index (κ1) is 15.3. The van der Waals surface area contributed by atoms with Crippen LogP contribution < -0.4 is 10.1 Å². The summed E-state index contributed by atoms with van der Waals surface area (Å²) in [5, 5.41) is 3.00. The molecule has 1 aromatic rings. The van der Waals surface area contributed by atoms with Crippen molar-refractivity contribution in [2.24, 2.45) is 5.92 Å². The van der Waals surface area contributed by atoms with Gasteiger partial charge in [0.05, 0.1) is 25.5 Å². The molecule has 1 heterocycles. The molecular formula is C17H23NO4. The van der Waals surface area contributed by atoms with Crippen LogP contribution in [0.3, 0.4) is 0 Å². The zero-order valence-corrected chi connectivity index (χ0v) is 13.0. The first-order valence-electron chi connectivity index (χ1n) is 8.03. The maximum absolute atomic E-state index is 12.5. The predicted molar refractivity (Wildman–Crippen MR) is 82.8 cm³/mol. The average Bonchev–Trinajstić information content (AvgIpc) is 2.98. The van der Waals surface area contributed by atoms with Crippen molar-refractivity contribution in [1.29, 1.82) is 0 Å². The Bertz CT molecular complexity index is 515. The number of hydrogen-bond donors (Lipinski definition) is 1. The van der Waals surface area contributed by atoms with E-state index in [2.05, 4.69) is 5.32 Å². The molecule has 0 unspecified atom stereocenters. The fourth-order valence-electron chi connectivity index (χ4n) is 3.19. The van der Waals surface area contributed by atoms with Gasteiger partial charge in [-0.25, -0.2) is 0 Å². The van der Waals surface area contributed by atoms with Gasteiger partial charge in [0.25, 0.3) is 0 Å². The number of hydrogen-bond acceptors (Lipinski definition) is 4. The third-order valence-electron chi connectivity index (χ3n) is 4.38. The molecule has 1 aliphatic heterocycles. The highest BCUT2D eigenvalue weighted by molar-refractivity contribution is 5.94. The number of ether oxygens (including phenoxy) is 3. The second-order valence-corrected chi connectivity index (χ2v) is 5.80. The van der Waals surface area contributed by atoms with Crippen LogP contribution in [0, 0.1) is 5.92 Å². The lowest BCUT2D eigenvalue weighted by Crippen LogP contribution is -2.38. The molecule has 5 nitrogen and oxygen atoms in total. The summed E-state index contributed by atoms with van der Waals surface area (Å²) >= 11 is 0. The minimum atomic E-state index is -0.417. The summed E-state index contributed by atoms with van der Waals surface area (Å²) in [4.78, 5) is 12.5. The largest absolute Gasteiger partial charge is 0.492 e. The zero-order chi connectivity index (χ0) is 15.4. The second-order valence-electron chi connectivity index (χ2n) is 5.80. The summed E-state index contributed by atoms with van der Waals surface area (Å²) in [7, 11) is 0. The first-order valence-corrected chi connectivity index (χ1v) is 8.03. The monoisotopic (exact) mass is 305 g/mol. The number of rotatable bonds is 4. The van der Waals surface area contributed by atoms with Crippen LogP contribution in [0.5, 0.6) is 5.75 Å². The second kappa shape index (κ2) is 6.67. The number of para-hydroxylation sites is 2. The van der Waals surface area contributed by atoms with Gasteiger partial charge in [-0.3, -0.25) is 4.79 Å². The van der Waals surface area contributed by atoms with Crippen molar-refractivity contribution < 1.29 is 19.0 Å². The van der Waals surface area contributed by atoms with Gasteiger partial charge in [0, 0.05) is 18.8 Å². The number of carbonyl (C=O) groups excluding carboxylic acids is 1. The smallest absolute Gasteiger partial charge is 0.227 e. The fraction of sp³-hybridized carbons (Fsp3) is 0.588. The third-order valence-corrected chi connectivity index (χ3v) is 4.38. The van der Waals surface area contributed by atoms with E-state index < -0.39 is 5.79 Å². The predicted octanol–water partition coefficient (Wildman–Crippen LogP) is 2.96. The van der Waals surface area contributed by atoms with Gasteiger partial charge >= 0.3 is 0 Å². The van der Waals surface area contributed by atoms with E-state index in [0.717, 1.165) is 31.4 Å². The molecule has 1 aliphatic carbocycles. The van der Waals surface area contributed by atoms with Gasteiger partial charge in [-0.2, -0.15) is 0 Å². The molecule has 22 heavy (non-hydrogen) atoms. The van der Waals surface area contributed by atoms with E-state index in [4.69, 9.17) is 14.2 Å². The van der Waals surface area contributed by atoms with Gasteiger partial charge in [-0.05, 0) is 31.9 Å². The lowest BCUT2D eigenvalue weighted by atomic mass is 9.84. The topological polar surface area (TPSA) is 56.8 Å². The highest BCUT2D eigenvalue weighted by atomic mass is 16.7. The fourth-order valence-corrected chi connectivity index (χ4v) is 3.19. The molecule has 0 aromatic heterocycles. The molecule has 0 radical (unpaired) electrons. The van der Waals surface area contributed by atoms with Gasteiger partial charge in [-0.15, -0.1) is 0 Å². The first-order chi connectivity index (χ1) is 10.7. The Balaban J connectivity index is 1.59. The van der Waals surface area contributed by atoms with E-state index in [9.17, 15) is 4.79 Å². The average molecular weight is 305 g/mol.